The van der Waals surface area contributed by atoms with E-state index in [9.17, 15) is 13.2 Å². The molecule has 0 amide bonds. The van der Waals surface area contributed by atoms with Crippen molar-refractivity contribution in [2.75, 3.05) is 31.1 Å². The van der Waals surface area contributed by atoms with E-state index in [1.54, 1.807) is 6.92 Å². The summed E-state index contributed by atoms with van der Waals surface area (Å²) in [5.74, 6) is -0.504. The van der Waals surface area contributed by atoms with Gasteiger partial charge in [-0.1, -0.05) is 6.92 Å². The maximum Gasteiger partial charge on any atom is 0.323 e. The zero-order valence-electron chi connectivity index (χ0n) is 11.5. The minimum absolute atomic E-state index is 0.202. The predicted octanol–water partition coefficient (Wildman–Crippen LogP) is 0.0792. The Balaban J connectivity index is 2.39. The van der Waals surface area contributed by atoms with E-state index < -0.39 is 21.3 Å². The van der Waals surface area contributed by atoms with Crippen molar-refractivity contribution >= 4 is 15.8 Å². The number of carboxylic acid groups (broad SMARTS) is 1. The standard InChI is InChI=1S/C12H24N2O4S/c1-2-12(13,11(15)16)5-3-6-14-7-4-9-19(17,18)10-8-14/h2-10,13H2,1H3,(H,15,16). The smallest absolute Gasteiger partial charge is 0.323 e. The lowest BCUT2D eigenvalue weighted by Crippen LogP contribution is -2.47. The van der Waals surface area contributed by atoms with Crippen LogP contribution in [0.3, 0.4) is 0 Å². The van der Waals surface area contributed by atoms with E-state index >= 15 is 0 Å². The summed E-state index contributed by atoms with van der Waals surface area (Å²) in [7, 11) is -2.88. The number of rotatable bonds is 6. The molecule has 1 fully saturated rings. The SMILES string of the molecule is CCC(N)(CCCN1CCCS(=O)(=O)CC1)C(=O)O. The van der Waals surface area contributed by atoms with E-state index in [4.69, 9.17) is 10.8 Å². The van der Waals surface area contributed by atoms with Gasteiger partial charge in [-0.15, -0.1) is 0 Å². The number of carbonyl (C=O) groups is 1. The molecule has 1 rings (SSSR count). The van der Waals surface area contributed by atoms with Crippen LogP contribution in [0.25, 0.3) is 0 Å². The summed E-state index contributed by atoms with van der Waals surface area (Å²) in [4.78, 5) is 13.1. The Kier molecular flexibility index (Phi) is 5.76. The van der Waals surface area contributed by atoms with Crippen LogP contribution >= 0.6 is 0 Å². The molecule has 0 aromatic heterocycles. The van der Waals surface area contributed by atoms with E-state index in [2.05, 4.69) is 4.90 Å². The molecule has 3 N–H and O–H groups in total. The van der Waals surface area contributed by atoms with Crippen molar-refractivity contribution in [1.29, 1.82) is 0 Å². The monoisotopic (exact) mass is 292 g/mol. The molecule has 1 saturated heterocycles. The van der Waals surface area contributed by atoms with Gasteiger partial charge < -0.3 is 15.7 Å². The van der Waals surface area contributed by atoms with Crippen molar-refractivity contribution in [3.63, 3.8) is 0 Å². The second-order valence-electron chi connectivity index (χ2n) is 5.27. The van der Waals surface area contributed by atoms with Gasteiger partial charge in [0.15, 0.2) is 9.84 Å². The van der Waals surface area contributed by atoms with Crippen LogP contribution in [-0.2, 0) is 14.6 Å². The van der Waals surface area contributed by atoms with Gasteiger partial charge >= 0.3 is 5.97 Å². The predicted molar refractivity (Wildman–Crippen MR) is 73.8 cm³/mol. The van der Waals surface area contributed by atoms with Crippen LogP contribution in [0.15, 0.2) is 0 Å². The van der Waals surface area contributed by atoms with Gasteiger partial charge in [-0.3, -0.25) is 4.79 Å². The van der Waals surface area contributed by atoms with Crippen molar-refractivity contribution in [3.05, 3.63) is 0 Å². The molecule has 19 heavy (non-hydrogen) atoms. The number of hydrogen-bond acceptors (Lipinski definition) is 5. The van der Waals surface area contributed by atoms with Crippen LogP contribution in [-0.4, -0.2) is 61.1 Å². The molecule has 0 aromatic carbocycles. The van der Waals surface area contributed by atoms with Gasteiger partial charge in [0.2, 0.25) is 0 Å². The third-order valence-corrected chi connectivity index (χ3v) is 5.52. The first-order valence-corrected chi connectivity index (χ1v) is 8.56. The van der Waals surface area contributed by atoms with Crippen molar-refractivity contribution in [2.45, 2.75) is 38.1 Å². The molecule has 0 bridgehead atoms. The molecule has 1 heterocycles. The quantitative estimate of drug-likeness (QED) is 0.719. The number of hydrogen-bond donors (Lipinski definition) is 2. The van der Waals surface area contributed by atoms with Crippen LogP contribution in [0.4, 0.5) is 0 Å². The molecule has 1 aliphatic heterocycles. The molecule has 0 aliphatic carbocycles. The summed E-state index contributed by atoms with van der Waals surface area (Å²) in [6, 6.07) is 0. The first-order chi connectivity index (χ1) is 8.79. The van der Waals surface area contributed by atoms with Gasteiger partial charge in [0.25, 0.3) is 0 Å². The highest BCUT2D eigenvalue weighted by molar-refractivity contribution is 7.91. The Morgan fingerprint density at radius 3 is 2.63 bits per heavy atom. The maximum absolute atomic E-state index is 11.5. The highest BCUT2D eigenvalue weighted by Gasteiger charge is 2.31. The number of aliphatic carboxylic acids is 1. The van der Waals surface area contributed by atoms with Crippen molar-refractivity contribution < 1.29 is 18.3 Å². The van der Waals surface area contributed by atoms with Crippen LogP contribution in [0.2, 0.25) is 0 Å². The summed E-state index contributed by atoms with van der Waals surface area (Å²) in [5, 5.41) is 9.07. The Hall–Kier alpha value is -0.660. The van der Waals surface area contributed by atoms with Gasteiger partial charge in [-0.25, -0.2) is 8.42 Å². The molecule has 0 radical (unpaired) electrons. The highest BCUT2D eigenvalue weighted by atomic mass is 32.2. The minimum atomic E-state index is -2.88. The number of nitrogens with zero attached hydrogens (tertiary/aromatic N) is 1. The molecule has 1 aliphatic rings. The summed E-state index contributed by atoms with van der Waals surface area (Å²) in [5.41, 5.74) is 4.66. The zero-order chi connectivity index (χ0) is 14.5. The van der Waals surface area contributed by atoms with Gasteiger partial charge in [0.1, 0.15) is 5.54 Å². The summed E-state index contributed by atoms with van der Waals surface area (Å²) in [6.45, 7) is 3.78. The van der Waals surface area contributed by atoms with E-state index in [1.807, 2.05) is 0 Å². The third-order valence-electron chi connectivity index (χ3n) is 3.80. The lowest BCUT2D eigenvalue weighted by atomic mass is 9.92. The minimum Gasteiger partial charge on any atom is -0.480 e. The van der Waals surface area contributed by atoms with Crippen LogP contribution < -0.4 is 5.73 Å². The average molecular weight is 292 g/mol. The largest absolute Gasteiger partial charge is 0.480 e. The number of nitrogens with two attached hydrogens (primary N) is 1. The molecule has 7 heteroatoms. The lowest BCUT2D eigenvalue weighted by molar-refractivity contribution is -0.143. The van der Waals surface area contributed by atoms with Gasteiger partial charge in [-0.05, 0) is 38.8 Å². The molecule has 1 unspecified atom stereocenters. The first kappa shape index (κ1) is 16.4. The van der Waals surface area contributed by atoms with Gasteiger partial charge in [-0.2, -0.15) is 0 Å². The molecule has 1 atom stereocenters. The van der Waals surface area contributed by atoms with Gasteiger partial charge in [0.05, 0.1) is 11.5 Å². The van der Waals surface area contributed by atoms with Crippen LogP contribution in [0.1, 0.15) is 32.6 Å². The fourth-order valence-corrected chi connectivity index (χ4v) is 3.58. The Bertz CT molecular complexity index is 410. The van der Waals surface area contributed by atoms with E-state index in [0.717, 1.165) is 6.54 Å². The van der Waals surface area contributed by atoms with Crippen molar-refractivity contribution in [2.24, 2.45) is 5.73 Å². The lowest BCUT2D eigenvalue weighted by Gasteiger charge is -2.25. The Morgan fingerprint density at radius 2 is 2.05 bits per heavy atom. The molecule has 112 valence electrons. The van der Waals surface area contributed by atoms with Crippen molar-refractivity contribution in [1.82, 2.24) is 4.90 Å². The van der Waals surface area contributed by atoms with E-state index in [0.29, 0.717) is 38.8 Å². The normalized spacial score (nSPS) is 23.5. The molecular formula is C12H24N2O4S. The summed E-state index contributed by atoms with van der Waals surface area (Å²) in [6.07, 6.45) is 2.15. The van der Waals surface area contributed by atoms with Crippen molar-refractivity contribution in [3.8, 4) is 0 Å². The molecular weight excluding hydrogens is 268 g/mol. The fraction of sp³-hybridized carbons (Fsp3) is 0.917. The first-order valence-electron chi connectivity index (χ1n) is 6.74. The summed E-state index contributed by atoms with van der Waals surface area (Å²) < 4.78 is 22.9. The number of sulfone groups is 1. The highest BCUT2D eigenvalue weighted by Crippen LogP contribution is 2.15. The maximum atomic E-state index is 11.5. The zero-order valence-corrected chi connectivity index (χ0v) is 12.3. The molecule has 6 nitrogen and oxygen atoms in total. The summed E-state index contributed by atoms with van der Waals surface area (Å²) >= 11 is 0. The van der Waals surface area contributed by atoms with Crippen LogP contribution in [0, 0.1) is 0 Å². The molecule has 0 spiro atoms. The van der Waals surface area contributed by atoms with Crippen LogP contribution in [0.5, 0.6) is 0 Å². The second-order valence-corrected chi connectivity index (χ2v) is 7.57. The fourth-order valence-electron chi connectivity index (χ4n) is 2.27. The average Bonchev–Trinajstić information content (AvgIpc) is 2.50. The Morgan fingerprint density at radius 1 is 1.37 bits per heavy atom. The topological polar surface area (TPSA) is 101 Å². The molecule has 0 aromatic rings. The molecule has 0 saturated carbocycles. The second kappa shape index (κ2) is 6.67. The third kappa shape index (κ3) is 5.08. The van der Waals surface area contributed by atoms with E-state index in [-0.39, 0.29) is 11.5 Å². The van der Waals surface area contributed by atoms with E-state index in [1.165, 1.54) is 0 Å². The number of carboxylic acids is 1. The van der Waals surface area contributed by atoms with Gasteiger partial charge in [0, 0.05) is 6.54 Å². The Labute approximate surface area is 114 Å².